The van der Waals surface area contributed by atoms with Gasteiger partial charge in [0.2, 0.25) is 0 Å². The summed E-state index contributed by atoms with van der Waals surface area (Å²) >= 11 is 0. The van der Waals surface area contributed by atoms with E-state index < -0.39 is 11.6 Å². The first-order valence-electron chi connectivity index (χ1n) is 5.84. The first-order chi connectivity index (χ1) is 7.87. The number of nitrogens with zero attached hydrogens (tertiary/aromatic N) is 1. The zero-order chi connectivity index (χ0) is 12.6. The summed E-state index contributed by atoms with van der Waals surface area (Å²) in [6, 6.07) is 2.88. The van der Waals surface area contributed by atoms with Crippen LogP contribution >= 0.6 is 12.4 Å². The van der Waals surface area contributed by atoms with Crippen LogP contribution in [0.4, 0.5) is 8.78 Å². The van der Waals surface area contributed by atoms with Crippen LogP contribution in [0.15, 0.2) is 12.1 Å². The molecule has 5 heteroatoms. The molecule has 0 atom stereocenters. The lowest BCUT2D eigenvalue weighted by atomic mass is 9.97. The first kappa shape index (κ1) is 15.3. The predicted molar refractivity (Wildman–Crippen MR) is 70.9 cm³/mol. The van der Waals surface area contributed by atoms with E-state index in [2.05, 4.69) is 4.90 Å². The Hall–Kier alpha value is -0.710. The number of hydrogen-bond donors (Lipinski definition) is 1. The maximum absolute atomic E-state index is 13.7. The van der Waals surface area contributed by atoms with E-state index in [4.69, 9.17) is 5.73 Å². The van der Waals surface area contributed by atoms with Crippen LogP contribution in [0.5, 0.6) is 0 Å². The average Bonchev–Trinajstić information content (AvgIpc) is 2.22. The quantitative estimate of drug-likeness (QED) is 0.899. The number of nitrogens with two attached hydrogens (primary N) is 1. The molecule has 0 amide bonds. The molecular formula is C13H19ClF2N2. The van der Waals surface area contributed by atoms with Crippen LogP contribution < -0.4 is 5.73 Å². The summed E-state index contributed by atoms with van der Waals surface area (Å²) in [6.07, 6.45) is 0.753. The molecule has 0 radical (unpaired) electrons. The molecule has 0 spiro atoms. The van der Waals surface area contributed by atoms with E-state index in [1.807, 2.05) is 13.8 Å². The summed E-state index contributed by atoms with van der Waals surface area (Å²) in [7, 11) is 0. The smallest absolute Gasteiger partial charge is 0.163 e. The second-order valence-electron chi connectivity index (χ2n) is 5.45. The van der Waals surface area contributed by atoms with E-state index in [9.17, 15) is 8.78 Å². The number of rotatable bonds is 2. The van der Waals surface area contributed by atoms with Crippen molar-refractivity contribution in [1.29, 1.82) is 0 Å². The monoisotopic (exact) mass is 276 g/mol. The molecule has 1 aromatic rings. The van der Waals surface area contributed by atoms with Gasteiger partial charge in [0.1, 0.15) is 0 Å². The average molecular weight is 277 g/mol. The van der Waals surface area contributed by atoms with E-state index in [1.165, 1.54) is 6.07 Å². The summed E-state index contributed by atoms with van der Waals surface area (Å²) < 4.78 is 26.8. The van der Waals surface area contributed by atoms with Crippen LogP contribution in [-0.2, 0) is 13.0 Å². The van der Waals surface area contributed by atoms with Gasteiger partial charge in [-0.15, -0.1) is 12.4 Å². The van der Waals surface area contributed by atoms with Gasteiger partial charge < -0.3 is 5.73 Å². The molecule has 2 rings (SSSR count). The molecule has 2 nitrogen and oxygen atoms in total. The third kappa shape index (κ3) is 3.40. The Kier molecular flexibility index (Phi) is 4.70. The SMILES string of the molecule is CC(C)(N)CN1CCc2ccc(F)c(F)c2C1.Cl. The van der Waals surface area contributed by atoms with E-state index in [0.717, 1.165) is 18.5 Å². The molecule has 0 saturated carbocycles. The number of halogens is 3. The highest BCUT2D eigenvalue weighted by atomic mass is 35.5. The van der Waals surface area contributed by atoms with Crippen molar-refractivity contribution in [2.75, 3.05) is 13.1 Å². The van der Waals surface area contributed by atoms with Gasteiger partial charge in [0.05, 0.1) is 0 Å². The predicted octanol–water partition coefficient (Wildman–Crippen LogP) is 2.48. The molecule has 0 unspecified atom stereocenters. The molecule has 1 aliphatic rings. The van der Waals surface area contributed by atoms with Gasteiger partial charge in [-0.25, -0.2) is 8.78 Å². The lowest BCUT2D eigenvalue weighted by Gasteiger charge is -2.33. The van der Waals surface area contributed by atoms with Crippen molar-refractivity contribution < 1.29 is 8.78 Å². The van der Waals surface area contributed by atoms with Gasteiger partial charge in [0, 0.05) is 30.7 Å². The highest BCUT2D eigenvalue weighted by Gasteiger charge is 2.24. The van der Waals surface area contributed by atoms with Crippen molar-refractivity contribution in [3.63, 3.8) is 0 Å². The van der Waals surface area contributed by atoms with E-state index in [0.29, 0.717) is 18.7 Å². The van der Waals surface area contributed by atoms with Crippen molar-refractivity contribution in [1.82, 2.24) is 4.90 Å². The van der Waals surface area contributed by atoms with Crippen LogP contribution in [-0.4, -0.2) is 23.5 Å². The van der Waals surface area contributed by atoms with Crippen molar-refractivity contribution in [3.8, 4) is 0 Å². The van der Waals surface area contributed by atoms with Crippen molar-refractivity contribution in [2.45, 2.75) is 32.4 Å². The van der Waals surface area contributed by atoms with Crippen LogP contribution in [0, 0.1) is 11.6 Å². The summed E-state index contributed by atoms with van der Waals surface area (Å²) in [5.74, 6) is -1.47. The Bertz CT molecular complexity index is 430. The second kappa shape index (κ2) is 5.51. The maximum Gasteiger partial charge on any atom is 0.163 e. The normalized spacial score (nSPS) is 16.1. The Morgan fingerprint density at radius 1 is 1.33 bits per heavy atom. The van der Waals surface area contributed by atoms with Crippen LogP contribution in [0.3, 0.4) is 0 Å². The lowest BCUT2D eigenvalue weighted by molar-refractivity contribution is 0.205. The van der Waals surface area contributed by atoms with Crippen LogP contribution in [0.2, 0.25) is 0 Å². The molecule has 18 heavy (non-hydrogen) atoms. The number of fused-ring (bicyclic) bond motifs is 1. The molecule has 0 aliphatic carbocycles. The summed E-state index contributed by atoms with van der Waals surface area (Å²) in [6.45, 7) is 5.84. The first-order valence-corrected chi connectivity index (χ1v) is 5.84. The maximum atomic E-state index is 13.7. The standard InChI is InChI=1S/C13H18F2N2.ClH/c1-13(2,16)8-17-6-5-9-3-4-11(14)12(15)10(9)7-17;/h3-4H,5-8,16H2,1-2H3;1H. The molecule has 1 aliphatic heterocycles. The number of benzene rings is 1. The zero-order valence-electron chi connectivity index (χ0n) is 10.7. The molecule has 0 bridgehead atoms. The fourth-order valence-electron chi connectivity index (χ4n) is 2.33. The number of hydrogen-bond acceptors (Lipinski definition) is 2. The van der Waals surface area contributed by atoms with Crippen LogP contribution in [0.1, 0.15) is 25.0 Å². The van der Waals surface area contributed by atoms with E-state index >= 15 is 0 Å². The topological polar surface area (TPSA) is 29.3 Å². The van der Waals surface area contributed by atoms with Crippen LogP contribution in [0.25, 0.3) is 0 Å². The van der Waals surface area contributed by atoms with Crippen molar-refractivity contribution >= 4 is 12.4 Å². The minimum atomic E-state index is -0.766. The largest absolute Gasteiger partial charge is 0.324 e. The van der Waals surface area contributed by atoms with Crippen molar-refractivity contribution in [3.05, 3.63) is 34.9 Å². The van der Waals surface area contributed by atoms with Gasteiger partial charge in [-0.05, 0) is 31.9 Å². The van der Waals surface area contributed by atoms with E-state index in [-0.39, 0.29) is 17.9 Å². The molecule has 0 fully saturated rings. The summed E-state index contributed by atoms with van der Waals surface area (Å²) in [5, 5.41) is 0. The van der Waals surface area contributed by atoms with E-state index in [1.54, 1.807) is 6.07 Å². The lowest BCUT2D eigenvalue weighted by Crippen LogP contribution is -2.47. The third-order valence-electron chi connectivity index (χ3n) is 3.00. The van der Waals surface area contributed by atoms with Gasteiger partial charge in [-0.3, -0.25) is 4.90 Å². The van der Waals surface area contributed by atoms with Crippen molar-refractivity contribution in [2.24, 2.45) is 5.73 Å². The third-order valence-corrected chi connectivity index (χ3v) is 3.00. The summed E-state index contributed by atoms with van der Waals surface area (Å²) in [5.41, 5.74) is 7.03. The fourth-order valence-corrected chi connectivity index (χ4v) is 2.33. The molecule has 0 aromatic heterocycles. The second-order valence-corrected chi connectivity index (χ2v) is 5.45. The molecule has 102 valence electrons. The molecule has 0 saturated heterocycles. The minimum Gasteiger partial charge on any atom is -0.324 e. The highest BCUT2D eigenvalue weighted by molar-refractivity contribution is 5.85. The van der Waals surface area contributed by atoms with Gasteiger partial charge in [-0.2, -0.15) is 0 Å². The van der Waals surface area contributed by atoms with Gasteiger partial charge in [0.25, 0.3) is 0 Å². The van der Waals surface area contributed by atoms with Gasteiger partial charge in [0.15, 0.2) is 11.6 Å². The highest BCUT2D eigenvalue weighted by Crippen LogP contribution is 2.24. The molecular weight excluding hydrogens is 258 g/mol. The molecule has 1 heterocycles. The molecule has 1 aromatic carbocycles. The minimum absolute atomic E-state index is 0. The van der Waals surface area contributed by atoms with Gasteiger partial charge in [-0.1, -0.05) is 6.07 Å². The Balaban J connectivity index is 0.00000162. The summed E-state index contributed by atoms with van der Waals surface area (Å²) in [4.78, 5) is 2.07. The Morgan fingerprint density at radius 3 is 2.61 bits per heavy atom. The zero-order valence-corrected chi connectivity index (χ0v) is 11.5. The van der Waals surface area contributed by atoms with Gasteiger partial charge >= 0.3 is 0 Å². The Morgan fingerprint density at radius 2 is 2.00 bits per heavy atom. The Labute approximate surface area is 113 Å². The molecule has 2 N–H and O–H groups in total. The fraction of sp³-hybridized carbons (Fsp3) is 0.538.